The van der Waals surface area contributed by atoms with E-state index in [1.807, 2.05) is 17.7 Å². The third kappa shape index (κ3) is 2.77. The Kier molecular flexibility index (Phi) is 4.47. The minimum absolute atomic E-state index is 0.0678. The van der Waals surface area contributed by atoms with Gasteiger partial charge in [0.1, 0.15) is 5.76 Å². The third-order valence-electron chi connectivity index (χ3n) is 3.41. The Morgan fingerprint density at radius 2 is 2.21 bits per heavy atom. The van der Waals surface area contributed by atoms with Gasteiger partial charge in [-0.2, -0.15) is 5.10 Å². The van der Waals surface area contributed by atoms with E-state index < -0.39 is 0 Å². The number of aromatic nitrogens is 2. The summed E-state index contributed by atoms with van der Waals surface area (Å²) in [5, 5.41) is 4.59. The van der Waals surface area contributed by atoms with Gasteiger partial charge in [0.25, 0.3) is 0 Å². The van der Waals surface area contributed by atoms with E-state index in [-0.39, 0.29) is 6.04 Å². The number of furan rings is 1. The Morgan fingerprint density at radius 3 is 2.74 bits per heavy atom. The molecular weight excluding hydrogens is 306 g/mol. The summed E-state index contributed by atoms with van der Waals surface area (Å²) in [5.41, 5.74) is 9.61. The van der Waals surface area contributed by atoms with E-state index in [4.69, 9.17) is 10.2 Å². The summed E-state index contributed by atoms with van der Waals surface area (Å²) in [6.07, 6.45) is 3.36. The maximum atomic E-state index is 6.29. The van der Waals surface area contributed by atoms with Gasteiger partial charge in [-0.25, -0.2) is 0 Å². The molecule has 0 saturated carbocycles. The van der Waals surface area contributed by atoms with Crippen LogP contribution in [-0.4, -0.2) is 9.78 Å². The van der Waals surface area contributed by atoms with Crippen molar-refractivity contribution in [1.82, 2.24) is 9.78 Å². The van der Waals surface area contributed by atoms with Crippen LogP contribution in [0.4, 0.5) is 0 Å². The summed E-state index contributed by atoms with van der Waals surface area (Å²) in [4.78, 5) is 0. The average molecular weight is 326 g/mol. The van der Waals surface area contributed by atoms with Gasteiger partial charge in [-0.15, -0.1) is 0 Å². The second-order valence-electron chi connectivity index (χ2n) is 4.62. The Hall–Kier alpha value is -1.07. The number of hydrogen-bond donors (Lipinski definition) is 1. The highest BCUT2D eigenvalue weighted by Gasteiger charge is 2.19. The van der Waals surface area contributed by atoms with Gasteiger partial charge in [0, 0.05) is 24.6 Å². The van der Waals surface area contributed by atoms with E-state index in [1.54, 1.807) is 6.26 Å². The molecule has 0 amide bonds. The fourth-order valence-electron chi connectivity index (χ4n) is 2.31. The maximum absolute atomic E-state index is 6.29. The van der Waals surface area contributed by atoms with E-state index in [9.17, 15) is 0 Å². The lowest BCUT2D eigenvalue weighted by Gasteiger charge is -2.12. The Labute approximate surface area is 122 Å². The van der Waals surface area contributed by atoms with Crippen molar-refractivity contribution < 1.29 is 4.42 Å². The lowest BCUT2D eigenvalue weighted by atomic mass is 10.0. The zero-order valence-corrected chi connectivity index (χ0v) is 13.2. The number of rotatable bonds is 5. The average Bonchev–Trinajstić information content (AvgIpc) is 2.95. The third-order valence-corrected chi connectivity index (χ3v) is 4.32. The van der Waals surface area contributed by atoms with Crippen molar-refractivity contribution in [2.24, 2.45) is 5.73 Å². The normalized spacial score (nSPS) is 12.9. The van der Waals surface area contributed by atoms with Crippen LogP contribution >= 0.6 is 15.9 Å². The van der Waals surface area contributed by atoms with Crippen molar-refractivity contribution >= 4 is 15.9 Å². The quantitative estimate of drug-likeness (QED) is 0.916. The molecule has 0 aliphatic heterocycles. The maximum Gasteiger partial charge on any atom is 0.105 e. The second kappa shape index (κ2) is 5.92. The summed E-state index contributed by atoms with van der Waals surface area (Å²) >= 11 is 3.65. The van der Waals surface area contributed by atoms with Crippen molar-refractivity contribution in [3.63, 3.8) is 0 Å². The first-order valence-electron chi connectivity index (χ1n) is 6.62. The minimum Gasteiger partial charge on any atom is -0.469 e. The van der Waals surface area contributed by atoms with Crippen molar-refractivity contribution in [3.8, 4) is 0 Å². The Morgan fingerprint density at radius 1 is 1.47 bits per heavy atom. The molecule has 2 heterocycles. The highest BCUT2D eigenvalue weighted by molar-refractivity contribution is 9.10. The molecule has 2 aromatic heterocycles. The SMILES string of the molecule is CCc1nn(CC)c(CC(N)c2ccoc2C)c1Br. The van der Waals surface area contributed by atoms with E-state index in [1.165, 1.54) is 0 Å². The van der Waals surface area contributed by atoms with Crippen LogP contribution in [0.2, 0.25) is 0 Å². The molecular formula is C14H20BrN3O. The molecule has 2 rings (SSSR count). The monoisotopic (exact) mass is 325 g/mol. The second-order valence-corrected chi connectivity index (χ2v) is 5.41. The smallest absolute Gasteiger partial charge is 0.105 e. The van der Waals surface area contributed by atoms with Gasteiger partial charge in [0.2, 0.25) is 0 Å². The topological polar surface area (TPSA) is 57.0 Å². The van der Waals surface area contributed by atoms with Crippen LogP contribution in [0.1, 0.15) is 42.6 Å². The van der Waals surface area contributed by atoms with Crippen LogP contribution in [-0.2, 0) is 19.4 Å². The number of halogens is 1. The molecule has 19 heavy (non-hydrogen) atoms. The van der Waals surface area contributed by atoms with Crippen molar-refractivity contribution in [1.29, 1.82) is 0 Å². The summed E-state index contributed by atoms with van der Waals surface area (Å²) in [6, 6.07) is 1.88. The molecule has 2 N–H and O–H groups in total. The fourth-order valence-corrected chi connectivity index (χ4v) is 3.04. The van der Waals surface area contributed by atoms with Crippen LogP contribution in [0.25, 0.3) is 0 Å². The molecule has 0 aliphatic carbocycles. The first-order valence-corrected chi connectivity index (χ1v) is 7.41. The molecule has 0 saturated heterocycles. The molecule has 0 fully saturated rings. The number of nitrogens with two attached hydrogens (primary N) is 1. The molecule has 5 heteroatoms. The number of aryl methyl sites for hydroxylation is 3. The minimum atomic E-state index is -0.0678. The van der Waals surface area contributed by atoms with Gasteiger partial charge in [0.15, 0.2) is 0 Å². The van der Waals surface area contributed by atoms with E-state index >= 15 is 0 Å². The van der Waals surface area contributed by atoms with Gasteiger partial charge in [-0.3, -0.25) is 4.68 Å². The highest BCUT2D eigenvalue weighted by atomic mass is 79.9. The summed E-state index contributed by atoms with van der Waals surface area (Å²) in [7, 11) is 0. The molecule has 0 aliphatic rings. The Bertz CT molecular complexity index is 559. The first-order chi connectivity index (χ1) is 9.08. The van der Waals surface area contributed by atoms with Crippen LogP contribution in [0.3, 0.4) is 0 Å². The highest BCUT2D eigenvalue weighted by Crippen LogP contribution is 2.27. The zero-order chi connectivity index (χ0) is 14.0. The zero-order valence-electron chi connectivity index (χ0n) is 11.6. The van der Waals surface area contributed by atoms with Crippen molar-refractivity contribution in [2.75, 3.05) is 0 Å². The van der Waals surface area contributed by atoms with Crippen molar-refractivity contribution in [3.05, 3.63) is 39.5 Å². The molecule has 0 spiro atoms. The summed E-state index contributed by atoms with van der Waals surface area (Å²) in [6.45, 7) is 7.00. The standard InChI is InChI=1S/C14H20BrN3O/c1-4-12-14(15)13(18(5-2)17-12)8-11(16)10-6-7-19-9(10)3/h6-7,11H,4-5,8,16H2,1-3H3. The van der Waals surface area contributed by atoms with Crippen LogP contribution in [0.15, 0.2) is 21.2 Å². The van der Waals surface area contributed by atoms with Gasteiger partial charge in [0.05, 0.1) is 22.1 Å². The van der Waals surface area contributed by atoms with E-state index in [0.29, 0.717) is 0 Å². The molecule has 0 aromatic carbocycles. The molecule has 1 unspecified atom stereocenters. The predicted octanol–water partition coefficient (Wildman–Crippen LogP) is 3.37. The van der Waals surface area contributed by atoms with Gasteiger partial charge in [-0.1, -0.05) is 6.92 Å². The Balaban J connectivity index is 2.28. The van der Waals surface area contributed by atoms with Crippen LogP contribution < -0.4 is 5.73 Å². The number of nitrogens with zero attached hydrogens (tertiary/aromatic N) is 2. The van der Waals surface area contributed by atoms with Gasteiger partial charge in [-0.05, 0) is 42.3 Å². The molecule has 2 aromatic rings. The fraction of sp³-hybridized carbons (Fsp3) is 0.500. The van der Waals surface area contributed by atoms with Gasteiger partial charge >= 0.3 is 0 Å². The first kappa shape index (κ1) is 14.3. The predicted molar refractivity (Wildman–Crippen MR) is 79.1 cm³/mol. The summed E-state index contributed by atoms with van der Waals surface area (Å²) in [5.74, 6) is 0.891. The summed E-state index contributed by atoms with van der Waals surface area (Å²) < 4.78 is 8.44. The van der Waals surface area contributed by atoms with Crippen LogP contribution in [0.5, 0.6) is 0 Å². The molecule has 0 radical (unpaired) electrons. The lowest BCUT2D eigenvalue weighted by Crippen LogP contribution is -2.16. The van der Waals surface area contributed by atoms with Crippen LogP contribution in [0, 0.1) is 6.92 Å². The molecule has 1 atom stereocenters. The van der Waals surface area contributed by atoms with Gasteiger partial charge < -0.3 is 10.2 Å². The molecule has 0 bridgehead atoms. The number of hydrogen-bond acceptors (Lipinski definition) is 3. The molecule has 104 valence electrons. The van der Waals surface area contributed by atoms with Crippen molar-refractivity contribution in [2.45, 2.75) is 46.2 Å². The van der Waals surface area contributed by atoms with E-state index in [2.05, 4.69) is 34.9 Å². The molecule has 4 nitrogen and oxygen atoms in total. The largest absolute Gasteiger partial charge is 0.469 e. The van der Waals surface area contributed by atoms with E-state index in [0.717, 1.165) is 46.6 Å². The lowest BCUT2D eigenvalue weighted by molar-refractivity contribution is 0.520.